The average molecular weight is 363 g/mol. The maximum atomic E-state index is 12.4. The number of nitrogens with one attached hydrogen (secondary N) is 2. The number of piperidine rings is 1. The lowest BCUT2D eigenvalue weighted by Crippen LogP contribution is -2.30. The second kappa shape index (κ2) is 9.03. The molecule has 2 N–H and O–H groups in total. The van der Waals surface area contributed by atoms with E-state index >= 15 is 0 Å². The van der Waals surface area contributed by atoms with Crippen LogP contribution in [0.15, 0.2) is 54.6 Å². The Balaban J connectivity index is 1.65. The van der Waals surface area contributed by atoms with E-state index in [-0.39, 0.29) is 11.8 Å². The summed E-state index contributed by atoms with van der Waals surface area (Å²) in [6.07, 6.45) is 6.91. The van der Waals surface area contributed by atoms with Gasteiger partial charge < -0.3 is 15.5 Å². The Bertz CT molecular complexity index is 822. The second-order valence-corrected chi connectivity index (χ2v) is 6.59. The lowest BCUT2D eigenvalue weighted by atomic mass is 10.1. The molecular weight excluding hydrogens is 338 g/mol. The van der Waals surface area contributed by atoms with E-state index in [1.165, 1.54) is 25.3 Å². The van der Waals surface area contributed by atoms with Crippen molar-refractivity contribution < 1.29 is 9.59 Å². The summed E-state index contributed by atoms with van der Waals surface area (Å²) in [5.74, 6) is -0.299. The maximum Gasteiger partial charge on any atom is 0.251 e. The molecule has 2 aromatic carbocycles. The lowest BCUT2D eigenvalue weighted by Gasteiger charge is -2.30. The van der Waals surface area contributed by atoms with Gasteiger partial charge in [0.05, 0.1) is 11.4 Å². The second-order valence-electron chi connectivity index (χ2n) is 6.59. The summed E-state index contributed by atoms with van der Waals surface area (Å²) in [6, 6.07) is 15.0. The zero-order valence-corrected chi connectivity index (χ0v) is 15.6. The van der Waals surface area contributed by atoms with Crippen molar-refractivity contribution in [1.29, 1.82) is 0 Å². The monoisotopic (exact) mass is 363 g/mol. The van der Waals surface area contributed by atoms with Crippen LogP contribution in [0.1, 0.15) is 35.2 Å². The Labute approximate surface area is 160 Å². The summed E-state index contributed by atoms with van der Waals surface area (Å²) < 4.78 is 0. The van der Waals surface area contributed by atoms with Gasteiger partial charge in [0.25, 0.3) is 5.91 Å². The van der Waals surface area contributed by atoms with Crippen molar-refractivity contribution in [3.05, 3.63) is 65.7 Å². The molecule has 27 heavy (non-hydrogen) atoms. The zero-order chi connectivity index (χ0) is 19.1. The molecule has 0 aliphatic carbocycles. The average Bonchev–Trinajstić information content (AvgIpc) is 2.73. The lowest BCUT2D eigenvalue weighted by molar-refractivity contribution is -0.111. The molecule has 0 unspecified atom stereocenters. The molecule has 0 saturated carbocycles. The van der Waals surface area contributed by atoms with Crippen molar-refractivity contribution in [2.75, 3.05) is 30.4 Å². The number of nitrogens with zero attached hydrogens (tertiary/aromatic N) is 1. The summed E-state index contributed by atoms with van der Waals surface area (Å²) >= 11 is 0. The third-order valence-corrected chi connectivity index (χ3v) is 4.69. The normalized spacial score (nSPS) is 14.2. The summed E-state index contributed by atoms with van der Waals surface area (Å²) in [7, 11) is 1.60. The Morgan fingerprint density at radius 3 is 2.37 bits per heavy atom. The van der Waals surface area contributed by atoms with Gasteiger partial charge in [0.15, 0.2) is 0 Å². The Hall–Kier alpha value is -3.08. The van der Waals surface area contributed by atoms with E-state index in [0.29, 0.717) is 5.56 Å². The van der Waals surface area contributed by atoms with Gasteiger partial charge in [0, 0.05) is 31.8 Å². The van der Waals surface area contributed by atoms with Crippen molar-refractivity contribution in [3.63, 3.8) is 0 Å². The minimum atomic E-state index is -0.171. The van der Waals surface area contributed by atoms with Gasteiger partial charge in [-0.15, -0.1) is 0 Å². The first-order chi connectivity index (χ1) is 13.2. The molecular formula is C22H25N3O2. The standard InChI is InChI=1S/C22H25N3O2/c1-23-22(27)18-12-9-17(10-13-18)11-14-21(26)24-19-7-3-4-8-20(19)25-15-5-2-6-16-25/h3-4,7-14H,2,5-6,15-16H2,1H3,(H,23,27)(H,24,26)/b14-11+. The number of hydrogen-bond donors (Lipinski definition) is 2. The fourth-order valence-electron chi connectivity index (χ4n) is 3.23. The van der Waals surface area contributed by atoms with Crippen molar-refractivity contribution in [2.24, 2.45) is 0 Å². The zero-order valence-electron chi connectivity index (χ0n) is 15.6. The Morgan fingerprint density at radius 1 is 0.963 bits per heavy atom. The van der Waals surface area contributed by atoms with E-state index in [4.69, 9.17) is 0 Å². The van der Waals surface area contributed by atoms with Crippen LogP contribution in [0.3, 0.4) is 0 Å². The van der Waals surface area contributed by atoms with Gasteiger partial charge in [-0.1, -0.05) is 24.3 Å². The van der Waals surface area contributed by atoms with Crippen molar-refractivity contribution in [2.45, 2.75) is 19.3 Å². The van der Waals surface area contributed by atoms with Crippen LogP contribution in [0.25, 0.3) is 6.08 Å². The molecule has 1 saturated heterocycles. The van der Waals surface area contributed by atoms with Gasteiger partial charge in [-0.25, -0.2) is 0 Å². The molecule has 3 rings (SSSR count). The minimum Gasteiger partial charge on any atom is -0.370 e. The molecule has 140 valence electrons. The van der Waals surface area contributed by atoms with Crippen LogP contribution in [0.4, 0.5) is 11.4 Å². The number of para-hydroxylation sites is 2. The molecule has 0 atom stereocenters. The van der Waals surface area contributed by atoms with Crippen molar-refractivity contribution in [3.8, 4) is 0 Å². The number of anilines is 2. The summed E-state index contributed by atoms with van der Waals surface area (Å²) in [5, 5.41) is 5.57. The molecule has 0 aromatic heterocycles. The SMILES string of the molecule is CNC(=O)c1ccc(/C=C/C(=O)Nc2ccccc2N2CCCCC2)cc1. The van der Waals surface area contributed by atoms with E-state index in [2.05, 4.69) is 21.6 Å². The number of hydrogen-bond acceptors (Lipinski definition) is 3. The van der Waals surface area contributed by atoms with Crippen molar-refractivity contribution >= 4 is 29.3 Å². The largest absolute Gasteiger partial charge is 0.370 e. The highest BCUT2D eigenvalue weighted by molar-refractivity contribution is 6.04. The summed E-state index contributed by atoms with van der Waals surface area (Å²) in [4.78, 5) is 26.3. The van der Waals surface area contributed by atoms with Gasteiger partial charge in [-0.2, -0.15) is 0 Å². The highest BCUT2D eigenvalue weighted by Crippen LogP contribution is 2.28. The van der Waals surface area contributed by atoms with E-state index in [9.17, 15) is 9.59 Å². The van der Waals surface area contributed by atoms with Crippen LogP contribution in [0.2, 0.25) is 0 Å². The van der Waals surface area contributed by atoms with Crippen LogP contribution >= 0.6 is 0 Å². The topological polar surface area (TPSA) is 61.4 Å². The van der Waals surface area contributed by atoms with Crippen LogP contribution in [0, 0.1) is 0 Å². The van der Waals surface area contributed by atoms with Crippen LogP contribution in [-0.2, 0) is 4.79 Å². The third kappa shape index (κ3) is 4.97. The Morgan fingerprint density at radius 2 is 1.67 bits per heavy atom. The first-order valence-corrected chi connectivity index (χ1v) is 9.32. The van der Waals surface area contributed by atoms with Gasteiger partial charge in [-0.3, -0.25) is 9.59 Å². The number of benzene rings is 2. The predicted octanol–water partition coefficient (Wildman–Crippen LogP) is 3.69. The number of rotatable bonds is 5. The molecule has 0 bridgehead atoms. The molecule has 1 aliphatic rings. The highest BCUT2D eigenvalue weighted by atomic mass is 16.2. The molecule has 1 aliphatic heterocycles. The van der Waals surface area contributed by atoms with E-state index < -0.39 is 0 Å². The van der Waals surface area contributed by atoms with Crippen LogP contribution < -0.4 is 15.5 Å². The number of amides is 2. The maximum absolute atomic E-state index is 12.4. The van der Waals surface area contributed by atoms with E-state index in [1.807, 2.05) is 30.3 Å². The predicted molar refractivity (Wildman–Crippen MR) is 110 cm³/mol. The fraction of sp³-hybridized carbons (Fsp3) is 0.273. The number of carbonyl (C=O) groups is 2. The van der Waals surface area contributed by atoms with Gasteiger partial charge in [0.1, 0.15) is 0 Å². The fourth-order valence-corrected chi connectivity index (χ4v) is 3.23. The quantitative estimate of drug-likeness (QED) is 0.797. The third-order valence-electron chi connectivity index (χ3n) is 4.69. The molecule has 1 heterocycles. The minimum absolute atomic E-state index is 0.127. The van der Waals surface area contributed by atoms with Crippen LogP contribution in [0.5, 0.6) is 0 Å². The number of carbonyl (C=O) groups excluding carboxylic acids is 2. The van der Waals surface area contributed by atoms with Crippen LogP contribution in [-0.4, -0.2) is 32.0 Å². The molecule has 0 radical (unpaired) electrons. The first kappa shape index (κ1) is 18.7. The smallest absolute Gasteiger partial charge is 0.251 e. The van der Waals surface area contributed by atoms with Gasteiger partial charge in [0.2, 0.25) is 5.91 Å². The van der Waals surface area contributed by atoms with Crippen molar-refractivity contribution in [1.82, 2.24) is 5.32 Å². The molecule has 0 spiro atoms. The van der Waals surface area contributed by atoms with Gasteiger partial charge in [-0.05, 0) is 55.2 Å². The summed E-state index contributed by atoms with van der Waals surface area (Å²) in [5.41, 5.74) is 3.37. The molecule has 5 heteroatoms. The van der Waals surface area contributed by atoms with E-state index in [1.54, 1.807) is 25.3 Å². The highest BCUT2D eigenvalue weighted by Gasteiger charge is 2.14. The van der Waals surface area contributed by atoms with Gasteiger partial charge >= 0.3 is 0 Å². The summed E-state index contributed by atoms with van der Waals surface area (Å²) in [6.45, 7) is 2.06. The van der Waals surface area contributed by atoms with E-state index in [0.717, 1.165) is 30.0 Å². The first-order valence-electron chi connectivity index (χ1n) is 9.32. The molecule has 2 aromatic rings. The molecule has 1 fully saturated rings. The molecule has 5 nitrogen and oxygen atoms in total. The molecule has 2 amide bonds. The Kier molecular flexibility index (Phi) is 6.26.